The van der Waals surface area contributed by atoms with Gasteiger partial charge in [-0.05, 0) is 15.8 Å². The van der Waals surface area contributed by atoms with Crippen molar-refractivity contribution in [3.63, 3.8) is 0 Å². The molecular formula is C9H28Si4. The first kappa shape index (κ1) is 19.4. The molecule has 0 fully saturated rings. The van der Waals surface area contributed by atoms with Crippen LogP contribution in [0.2, 0.25) is 58.9 Å². The van der Waals surface area contributed by atoms with Crippen LogP contribution in [0.4, 0.5) is 0 Å². The fourth-order valence-corrected chi connectivity index (χ4v) is 0. The average molecular weight is 249 g/mol. The van der Waals surface area contributed by atoms with Crippen LogP contribution in [0, 0.1) is 0 Å². The molecule has 2 radical (unpaired) electrons. The summed E-state index contributed by atoms with van der Waals surface area (Å²) < 4.78 is 0. The lowest BCUT2D eigenvalue weighted by Crippen LogP contribution is -1.99. The standard InChI is InChI=1S/C4H12Si2.C3H10Si.C2H6Si/c1-5(2)6(3)4;1-4(2)3;1-3-2/h1-4H3;4H,1-3H3;1-2H3. The van der Waals surface area contributed by atoms with E-state index in [9.17, 15) is 0 Å². The molecule has 0 aliphatic rings. The Labute approximate surface area is 93.1 Å². The molecule has 0 saturated carbocycles. The maximum absolute atomic E-state index is 2.39. The van der Waals surface area contributed by atoms with E-state index in [0.717, 1.165) is 9.52 Å². The zero-order valence-electron chi connectivity index (χ0n) is 11.1. The van der Waals surface area contributed by atoms with Crippen LogP contribution >= 0.6 is 0 Å². The molecule has 80 valence electrons. The van der Waals surface area contributed by atoms with Gasteiger partial charge in [0.05, 0.1) is 0 Å². The second-order valence-corrected chi connectivity index (χ2v) is 18.7. The van der Waals surface area contributed by atoms with Gasteiger partial charge in [0.25, 0.3) is 0 Å². The molecule has 0 aromatic rings. The smallest absolute Gasteiger partial charge is 0.0307 e. The van der Waals surface area contributed by atoms with Crippen molar-refractivity contribution in [3.05, 3.63) is 0 Å². The highest BCUT2D eigenvalue weighted by molar-refractivity contribution is 6.93. The number of hydrogen-bond donors (Lipinski definition) is 0. The molecule has 0 N–H and O–H groups in total. The molecule has 0 aromatic heterocycles. The Morgan fingerprint density at radius 2 is 0.846 bits per heavy atom. The fourth-order valence-electron chi connectivity index (χ4n) is 0. The summed E-state index contributed by atoms with van der Waals surface area (Å²) in [6.45, 7) is 20.8. The molecule has 0 unspecified atom stereocenters. The third-order valence-electron chi connectivity index (χ3n) is 1.00. The monoisotopic (exact) mass is 248 g/mol. The first-order valence-electron chi connectivity index (χ1n) is 4.98. The lowest BCUT2D eigenvalue weighted by Gasteiger charge is -1.85. The molecule has 0 spiro atoms. The number of rotatable bonds is 0. The third kappa shape index (κ3) is 64.1. The Morgan fingerprint density at radius 3 is 0.846 bits per heavy atom. The van der Waals surface area contributed by atoms with Gasteiger partial charge in [0, 0.05) is 18.3 Å². The number of hydrogen-bond acceptors (Lipinski definition) is 0. The third-order valence-corrected chi connectivity index (χ3v) is 9.00. The zero-order valence-corrected chi connectivity index (χ0v) is 15.2. The Hall–Kier alpha value is 0.868. The van der Waals surface area contributed by atoms with Gasteiger partial charge >= 0.3 is 0 Å². The topological polar surface area (TPSA) is 0 Å². The van der Waals surface area contributed by atoms with Crippen molar-refractivity contribution < 1.29 is 0 Å². The molecule has 4 heteroatoms. The maximum atomic E-state index is 2.39. The molecule has 0 bridgehead atoms. The van der Waals surface area contributed by atoms with E-state index in [4.69, 9.17) is 0 Å². The largest absolute Gasteiger partial charge is 0.0735 e. The second kappa shape index (κ2) is 15.3. The highest BCUT2D eigenvalue weighted by Gasteiger charge is 1.78. The van der Waals surface area contributed by atoms with E-state index in [1.54, 1.807) is 0 Å². The van der Waals surface area contributed by atoms with E-state index in [2.05, 4.69) is 58.9 Å². The summed E-state index contributed by atoms with van der Waals surface area (Å²) in [5.74, 6) is 0. The molecule has 0 atom stereocenters. The van der Waals surface area contributed by atoms with Gasteiger partial charge in [-0.25, -0.2) is 0 Å². The van der Waals surface area contributed by atoms with E-state index in [-0.39, 0.29) is 24.6 Å². The van der Waals surface area contributed by atoms with Gasteiger partial charge in [-0.1, -0.05) is 58.9 Å². The van der Waals surface area contributed by atoms with Crippen molar-refractivity contribution in [2.75, 3.05) is 0 Å². The van der Waals surface area contributed by atoms with Crippen LogP contribution in [0.25, 0.3) is 0 Å². The van der Waals surface area contributed by atoms with E-state index >= 15 is 0 Å². The van der Waals surface area contributed by atoms with Gasteiger partial charge in [0.2, 0.25) is 0 Å². The first-order valence-corrected chi connectivity index (χ1v) is 16.4. The summed E-state index contributed by atoms with van der Waals surface area (Å²) >= 11 is 0. The van der Waals surface area contributed by atoms with Crippen LogP contribution in [0.3, 0.4) is 0 Å². The molecule has 0 heterocycles. The van der Waals surface area contributed by atoms with Gasteiger partial charge in [-0.15, -0.1) is 0 Å². The molecule has 0 amide bonds. The van der Waals surface area contributed by atoms with Gasteiger partial charge < -0.3 is 0 Å². The Bertz CT molecular complexity index is 98.0. The highest BCUT2D eigenvalue weighted by Crippen LogP contribution is 1.69. The Morgan fingerprint density at radius 1 is 0.769 bits per heavy atom. The minimum atomic E-state index is -0.139. The Balaban J connectivity index is -0.000000125. The molecule has 0 aliphatic carbocycles. The minimum Gasteiger partial charge on any atom is -0.0735 e. The summed E-state index contributed by atoms with van der Waals surface area (Å²) in [6, 6.07) is 0. The van der Waals surface area contributed by atoms with Crippen molar-refractivity contribution in [2.24, 2.45) is 0 Å². The molecular weight excluding hydrogens is 220 g/mol. The van der Waals surface area contributed by atoms with Crippen LogP contribution < -0.4 is 0 Å². The van der Waals surface area contributed by atoms with E-state index in [1.807, 2.05) is 0 Å². The predicted octanol–water partition coefficient (Wildman–Crippen LogP) is 3.46. The van der Waals surface area contributed by atoms with Crippen LogP contribution in [0.15, 0.2) is 0 Å². The minimum absolute atomic E-state index is 0.139. The molecule has 0 nitrogen and oxygen atoms in total. The maximum Gasteiger partial charge on any atom is 0.0307 e. The van der Waals surface area contributed by atoms with Crippen LogP contribution in [0.1, 0.15) is 0 Å². The summed E-state index contributed by atoms with van der Waals surface area (Å²) in [6.07, 6.45) is 0. The van der Waals surface area contributed by atoms with E-state index in [0.29, 0.717) is 0 Å². The molecule has 0 saturated heterocycles. The summed E-state index contributed by atoms with van der Waals surface area (Å²) in [5, 5.41) is 0. The second-order valence-electron chi connectivity index (χ2n) is 4.23. The van der Waals surface area contributed by atoms with Crippen LogP contribution in [-0.4, -0.2) is 34.1 Å². The quantitative estimate of drug-likeness (QED) is 0.576. The lowest BCUT2D eigenvalue weighted by atomic mass is 11.8. The molecule has 0 rings (SSSR count). The van der Waals surface area contributed by atoms with Gasteiger partial charge in [-0.2, -0.15) is 0 Å². The first-order chi connectivity index (χ1) is 5.79. The van der Waals surface area contributed by atoms with Gasteiger partial charge in [-0.3, -0.25) is 0 Å². The zero-order chi connectivity index (χ0) is 11.4. The van der Waals surface area contributed by atoms with Crippen molar-refractivity contribution >= 4 is 34.1 Å². The van der Waals surface area contributed by atoms with Crippen molar-refractivity contribution in [1.29, 1.82) is 0 Å². The van der Waals surface area contributed by atoms with Gasteiger partial charge in [0.15, 0.2) is 0 Å². The van der Waals surface area contributed by atoms with Crippen LogP contribution in [0.5, 0.6) is 0 Å². The fraction of sp³-hybridized carbons (Fsp3) is 1.00. The van der Waals surface area contributed by atoms with Crippen molar-refractivity contribution in [1.82, 2.24) is 0 Å². The highest BCUT2D eigenvalue weighted by atomic mass is 28.9. The normalized spacial score (nSPS) is 7.85. The predicted molar refractivity (Wildman–Crippen MR) is 77.2 cm³/mol. The van der Waals surface area contributed by atoms with E-state index < -0.39 is 0 Å². The molecule has 0 aliphatic heterocycles. The van der Waals surface area contributed by atoms with Crippen molar-refractivity contribution in [2.45, 2.75) is 58.9 Å². The van der Waals surface area contributed by atoms with E-state index in [1.165, 1.54) is 0 Å². The van der Waals surface area contributed by atoms with Crippen LogP contribution in [-0.2, 0) is 0 Å². The molecule has 0 aromatic carbocycles. The molecule has 13 heavy (non-hydrogen) atoms. The lowest BCUT2D eigenvalue weighted by molar-refractivity contribution is 1.91. The van der Waals surface area contributed by atoms with Crippen molar-refractivity contribution in [3.8, 4) is 0 Å². The van der Waals surface area contributed by atoms with Gasteiger partial charge in [0.1, 0.15) is 0 Å². The summed E-state index contributed by atoms with van der Waals surface area (Å²) in [4.78, 5) is 0. The summed E-state index contributed by atoms with van der Waals surface area (Å²) in [5.41, 5.74) is 0. The SMILES string of the molecule is C[SiH](C)C.C[Si](C)=[Si](C)C.C[Si]C. The summed E-state index contributed by atoms with van der Waals surface area (Å²) in [7, 11) is 1.24. The average Bonchev–Trinajstić information content (AvgIpc) is 1.87. The Kier molecular flexibility index (Phi) is 22.9.